The topological polar surface area (TPSA) is 29.0 Å². The zero-order valence-electron chi connectivity index (χ0n) is 10.4. The summed E-state index contributed by atoms with van der Waals surface area (Å²) in [5.41, 5.74) is 3.21. The molecule has 1 aliphatic heterocycles. The van der Waals surface area contributed by atoms with E-state index in [0.717, 1.165) is 22.1 Å². The van der Waals surface area contributed by atoms with Crippen LogP contribution >= 0.6 is 15.9 Å². The third-order valence-corrected chi connectivity index (χ3v) is 4.11. The van der Waals surface area contributed by atoms with Crippen molar-refractivity contribution in [1.82, 2.24) is 9.97 Å². The van der Waals surface area contributed by atoms with Crippen molar-refractivity contribution in [1.29, 1.82) is 0 Å². The molecule has 0 saturated carbocycles. The van der Waals surface area contributed by atoms with Gasteiger partial charge in [-0.1, -0.05) is 6.92 Å². The second-order valence-corrected chi connectivity index (χ2v) is 5.66. The van der Waals surface area contributed by atoms with Crippen molar-refractivity contribution in [3.63, 3.8) is 0 Å². The predicted molar refractivity (Wildman–Crippen MR) is 77.9 cm³/mol. The van der Waals surface area contributed by atoms with E-state index in [4.69, 9.17) is 0 Å². The quantitative estimate of drug-likeness (QED) is 0.845. The van der Waals surface area contributed by atoms with Crippen molar-refractivity contribution in [3.05, 3.63) is 29.0 Å². The Hall–Kier alpha value is -1.16. The minimum atomic E-state index is 0.654. The summed E-state index contributed by atoms with van der Waals surface area (Å²) in [6.07, 6.45) is 7.50. The second kappa shape index (κ2) is 4.84. The van der Waals surface area contributed by atoms with Crippen LogP contribution in [-0.2, 0) is 0 Å². The molecule has 1 unspecified atom stereocenters. The third kappa shape index (κ3) is 1.99. The first-order chi connectivity index (χ1) is 8.79. The number of hydrogen-bond acceptors (Lipinski definition) is 3. The Labute approximate surface area is 115 Å². The van der Waals surface area contributed by atoms with E-state index in [0.29, 0.717) is 6.04 Å². The van der Waals surface area contributed by atoms with Crippen LogP contribution in [0, 0.1) is 0 Å². The molecule has 2 aromatic heterocycles. The smallest absolute Gasteiger partial charge is 0.112 e. The summed E-state index contributed by atoms with van der Waals surface area (Å²) in [7, 11) is 0. The van der Waals surface area contributed by atoms with Crippen molar-refractivity contribution in [2.75, 3.05) is 11.4 Å². The maximum Gasteiger partial charge on any atom is 0.112 e. The summed E-state index contributed by atoms with van der Waals surface area (Å²) < 4.78 is 0.980. The zero-order valence-corrected chi connectivity index (χ0v) is 12.0. The zero-order chi connectivity index (χ0) is 12.5. The number of anilines is 1. The summed E-state index contributed by atoms with van der Waals surface area (Å²) in [6.45, 7) is 3.39. The molecule has 94 valence electrons. The van der Waals surface area contributed by atoms with Crippen molar-refractivity contribution in [2.24, 2.45) is 0 Å². The number of aromatic nitrogens is 2. The summed E-state index contributed by atoms with van der Waals surface area (Å²) in [4.78, 5) is 11.4. The van der Waals surface area contributed by atoms with Gasteiger partial charge in [0.1, 0.15) is 5.52 Å². The van der Waals surface area contributed by atoms with Gasteiger partial charge in [-0.05, 0) is 47.3 Å². The second-order valence-electron chi connectivity index (χ2n) is 4.75. The third-order valence-electron chi connectivity index (χ3n) is 3.68. The maximum absolute atomic E-state index is 4.54. The van der Waals surface area contributed by atoms with Gasteiger partial charge >= 0.3 is 0 Å². The van der Waals surface area contributed by atoms with Crippen LogP contribution in [0.2, 0.25) is 0 Å². The molecule has 0 aliphatic carbocycles. The summed E-state index contributed by atoms with van der Waals surface area (Å²) in [5, 5.41) is 0. The molecular formula is C14H16BrN3. The van der Waals surface area contributed by atoms with Crippen molar-refractivity contribution in [2.45, 2.75) is 32.2 Å². The largest absolute Gasteiger partial charge is 0.367 e. The lowest BCUT2D eigenvalue weighted by atomic mass is 10.1. The molecule has 18 heavy (non-hydrogen) atoms. The highest BCUT2D eigenvalue weighted by molar-refractivity contribution is 9.10. The van der Waals surface area contributed by atoms with Gasteiger partial charge in [-0.15, -0.1) is 0 Å². The summed E-state index contributed by atoms with van der Waals surface area (Å²) in [6, 6.07) is 4.78. The molecule has 1 aliphatic rings. The minimum Gasteiger partial charge on any atom is -0.367 e. The molecule has 3 heterocycles. The highest BCUT2D eigenvalue weighted by Crippen LogP contribution is 2.31. The average molecular weight is 306 g/mol. The molecule has 0 radical (unpaired) electrons. The van der Waals surface area contributed by atoms with Crippen LogP contribution in [0.3, 0.4) is 0 Å². The SMILES string of the molecule is CCC1CCCN1c1ccnc2cc(Br)cnc12. The first kappa shape index (κ1) is 11.9. The molecule has 0 aromatic carbocycles. The van der Waals surface area contributed by atoms with Gasteiger partial charge < -0.3 is 4.90 Å². The Morgan fingerprint density at radius 1 is 1.44 bits per heavy atom. The summed E-state index contributed by atoms with van der Waals surface area (Å²) in [5.74, 6) is 0. The van der Waals surface area contributed by atoms with E-state index in [1.807, 2.05) is 18.5 Å². The van der Waals surface area contributed by atoms with Crippen LogP contribution in [0.15, 0.2) is 29.0 Å². The minimum absolute atomic E-state index is 0.654. The van der Waals surface area contributed by atoms with Crippen molar-refractivity contribution < 1.29 is 0 Å². The molecule has 0 amide bonds. The van der Waals surface area contributed by atoms with Gasteiger partial charge in [-0.3, -0.25) is 9.97 Å². The first-order valence-corrected chi connectivity index (χ1v) is 7.26. The van der Waals surface area contributed by atoms with E-state index >= 15 is 0 Å². The summed E-state index contributed by atoms with van der Waals surface area (Å²) >= 11 is 3.45. The number of fused-ring (bicyclic) bond motifs is 1. The van der Waals surface area contributed by atoms with E-state index in [1.165, 1.54) is 24.9 Å². The number of rotatable bonds is 2. The fourth-order valence-corrected chi connectivity index (χ4v) is 3.12. The van der Waals surface area contributed by atoms with Gasteiger partial charge in [0, 0.05) is 29.5 Å². The number of nitrogens with zero attached hydrogens (tertiary/aromatic N) is 3. The van der Waals surface area contributed by atoms with Crippen molar-refractivity contribution >= 4 is 32.7 Å². The van der Waals surface area contributed by atoms with Gasteiger partial charge in [0.2, 0.25) is 0 Å². The van der Waals surface area contributed by atoms with Crippen molar-refractivity contribution in [3.8, 4) is 0 Å². The molecule has 3 rings (SSSR count). The predicted octanol–water partition coefficient (Wildman–Crippen LogP) is 3.77. The fraction of sp³-hybridized carbons (Fsp3) is 0.429. The van der Waals surface area contributed by atoms with Gasteiger partial charge in [0.15, 0.2) is 0 Å². The Morgan fingerprint density at radius 2 is 2.33 bits per heavy atom. The van der Waals surface area contributed by atoms with E-state index in [2.05, 4.69) is 43.8 Å². The van der Waals surface area contributed by atoms with Gasteiger partial charge in [-0.2, -0.15) is 0 Å². The number of pyridine rings is 2. The fourth-order valence-electron chi connectivity index (χ4n) is 2.80. The van der Waals surface area contributed by atoms with Crippen LogP contribution in [0.4, 0.5) is 5.69 Å². The Bertz CT molecular complexity index is 570. The monoisotopic (exact) mass is 305 g/mol. The van der Waals surface area contributed by atoms with Gasteiger partial charge in [0.25, 0.3) is 0 Å². The van der Waals surface area contributed by atoms with E-state index in [1.54, 1.807) is 0 Å². The lowest BCUT2D eigenvalue weighted by Crippen LogP contribution is -2.28. The maximum atomic E-state index is 4.54. The first-order valence-electron chi connectivity index (χ1n) is 6.46. The van der Waals surface area contributed by atoms with Gasteiger partial charge in [-0.25, -0.2) is 0 Å². The molecule has 1 fully saturated rings. The van der Waals surface area contributed by atoms with Crippen LogP contribution in [0.5, 0.6) is 0 Å². The van der Waals surface area contributed by atoms with E-state index < -0.39 is 0 Å². The molecular weight excluding hydrogens is 290 g/mol. The molecule has 1 atom stereocenters. The molecule has 0 N–H and O–H groups in total. The van der Waals surface area contributed by atoms with E-state index in [-0.39, 0.29) is 0 Å². The normalized spacial score (nSPS) is 19.7. The average Bonchev–Trinajstić information content (AvgIpc) is 2.85. The van der Waals surface area contributed by atoms with Crippen LogP contribution in [0.1, 0.15) is 26.2 Å². The highest BCUT2D eigenvalue weighted by Gasteiger charge is 2.24. The van der Waals surface area contributed by atoms with E-state index in [9.17, 15) is 0 Å². The van der Waals surface area contributed by atoms with Crippen LogP contribution in [-0.4, -0.2) is 22.6 Å². The van der Waals surface area contributed by atoms with Gasteiger partial charge in [0.05, 0.1) is 11.2 Å². The molecule has 1 saturated heterocycles. The molecule has 4 heteroatoms. The lowest BCUT2D eigenvalue weighted by Gasteiger charge is -2.26. The molecule has 0 bridgehead atoms. The molecule has 2 aromatic rings. The Morgan fingerprint density at radius 3 is 3.17 bits per heavy atom. The Kier molecular flexibility index (Phi) is 3.20. The van der Waals surface area contributed by atoms with Crippen LogP contribution < -0.4 is 4.90 Å². The van der Waals surface area contributed by atoms with Crippen LogP contribution in [0.25, 0.3) is 11.0 Å². The number of hydrogen-bond donors (Lipinski definition) is 0. The lowest BCUT2D eigenvalue weighted by molar-refractivity contribution is 0.646. The number of halogens is 1. The standard InChI is InChI=1S/C14H16BrN3/c1-2-11-4-3-7-18(11)13-5-6-16-12-8-10(15)9-17-14(12)13/h5-6,8-9,11H,2-4,7H2,1H3. The molecule has 3 nitrogen and oxygen atoms in total. The molecule has 0 spiro atoms. The Balaban J connectivity index is 2.11. The highest BCUT2D eigenvalue weighted by atomic mass is 79.9.